The molecule has 2 N–H and O–H groups in total. The lowest BCUT2D eigenvalue weighted by molar-refractivity contribution is -0.125. The summed E-state index contributed by atoms with van der Waals surface area (Å²) in [5.41, 5.74) is 2.29. The number of aryl methyl sites for hydroxylation is 1. The summed E-state index contributed by atoms with van der Waals surface area (Å²) < 4.78 is 1.80. The minimum atomic E-state index is -0.0454. The molecule has 0 saturated heterocycles. The van der Waals surface area contributed by atoms with Gasteiger partial charge >= 0.3 is 0 Å². The zero-order valence-electron chi connectivity index (χ0n) is 18.9. The second-order valence-corrected chi connectivity index (χ2v) is 9.51. The van der Waals surface area contributed by atoms with E-state index in [9.17, 15) is 9.59 Å². The number of halogens is 1. The molecule has 1 fully saturated rings. The maximum absolute atomic E-state index is 13.5. The number of nitrogens with one attached hydrogen (secondary N) is 2. The Balaban J connectivity index is 1.57. The summed E-state index contributed by atoms with van der Waals surface area (Å²) in [6.45, 7) is 1.90. The van der Waals surface area contributed by atoms with Gasteiger partial charge in [0.2, 0.25) is 5.91 Å². The minimum absolute atomic E-state index is 0.0454. The van der Waals surface area contributed by atoms with E-state index in [1.165, 1.54) is 6.42 Å². The van der Waals surface area contributed by atoms with Crippen molar-refractivity contribution in [3.8, 4) is 0 Å². The highest BCUT2D eigenvalue weighted by Crippen LogP contribution is 2.26. The number of aromatic nitrogens is 3. The van der Waals surface area contributed by atoms with Gasteiger partial charge in [-0.3, -0.25) is 14.7 Å². The molecule has 0 spiro atoms. The van der Waals surface area contributed by atoms with Crippen LogP contribution in [0.15, 0.2) is 23.0 Å². The second kappa shape index (κ2) is 10.0. The molecule has 0 bridgehead atoms. The molecule has 2 aromatic heterocycles. The van der Waals surface area contributed by atoms with Crippen LogP contribution in [0.2, 0.25) is 5.02 Å². The first-order chi connectivity index (χ1) is 15.5. The Morgan fingerprint density at radius 3 is 2.81 bits per heavy atom. The molecule has 32 heavy (non-hydrogen) atoms. The van der Waals surface area contributed by atoms with Crippen LogP contribution in [0.3, 0.4) is 0 Å². The van der Waals surface area contributed by atoms with Crippen molar-refractivity contribution in [2.45, 2.75) is 51.5 Å². The number of fused-ring (bicyclic) bond motifs is 3. The summed E-state index contributed by atoms with van der Waals surface area (Å²) in [5, 5.41) is 12.7. The third-order valence-electron chi connectivity index (χ3n) is 6.45. The standard InChI is InChI=1S/C24H32ClN5O2/c1-29(2)14-11-19-21-22(28-27-19)18-15-17(25)9-10-20(18)30(24(21)32)13-6-12-26-23(31)16-7-4-3-5-8-16/h9-10,15-16H,3-8,11-14H2,1-2H3,(H,26,31)(H,27,28). The third kappa shape index (κ3) is 4.84. The fraction of sp³-hybridized carbons (Fsp3) is 0.542. The molecular weight excluding hydrogens is 426 g/mol. The first-order valence-electron chi connectivity index (χ1n) is 11.6. The number of benzene rings is 1. The Kier molecular flexibility index (Phi) is 7.16. The van der Waals surface area contributed by atoms with E-state index in [0.717, 1.165) is 48.8 Å². The molecule has 4 rings (SSSR count). The van der Waals surface area contributed by atoms with E-state index < -0.39 is 0 Å². The summed E-state index contributed by atoms with van der Waals surface area (Å²) in [5.74, 6) is 0.306. The second-order valence-electron chi connectivity index (χ2n) is 9.08. The lowest BCUT2D eigenvalue weighted by atomic mass is 9.89. The van der Waals surface area contributed by atoms with Gasteiger partial charge in [-0.05, 0) is 51.6 Å². The molecule has 8 heteroatoms. The molecule has 1 amide bonds. The molecule has 0 unspecified atom stereocenters. The monoisotopic (exact) mass is 457 g/mol. The first-order valence-corrected chi connectivity index (χ1v) is 11.9. The molecule has 2 heterocycles. The van der Waals surface area contributed by atoms with Crippen LogP contribution in [-0.4, -0.2) is 52.8 Å². The highest BCUT2D eigenvalue weighted by molar-refractivity contribution is 6.31. The number of H-pyrrole nitrogens is 1. The molecule has 0 aliphatic heterocycles. The summed E-state index contributed by atoms with van der Waals surface area (Å²) in [7, 11) is 4.02. The summed E-state index contributed by atoms with van der Waals surface area (Å²) in [6.07, 6.45) is 6.89. The van der Waals surface area contributed by atoms with Gasteiger partial charge in [-0.25, -0.2) is 0 Å². The number of carbonyl (C=O) groups excluding carboxylic acids is 1. The number of likely N-dealkylation sites (N-methyl/N-ethyl adjacent to an activating group) is 1. The average molecular weight is 458 g/mol. The predicted octanol–water partition coefficient (Wildman–Crippen LogP) is 3.72. The zero-order chi connectivity index (χ0) is 22.7. The van der Waals surface area contributed by atoms with Gasteiger partial charge in [-0.1, -0.05) is 30.9 Å². The molecule has 3 aromatic rings. The molecule has 172 valence electrons. The average Bonchev–Trinajstić information content (AvgIpc) is 3.22. The fourth-order valence-electron chi connectivity index (χ4n) is 4.68. The molecule has 1 saturated carbocycles. The van der Waals surface area contributed by atoms with Gasteiger partial charge in [0.1, 0.15) is 5.52 Å². The quantitative estimate of drug-likeness (QED) is 0.505. The van der Waals surface area contributed by atoms with Crippen molar-refractivity contribution in [3.63, 3.8) is 0 Å². The maximum Gasteiger partial charge on any atom is 0.262 e. The highest BCUT2D eigenvalue weighted by Gasteiger charge is 2.21. The van der Waals surface area contributed by atoms with Crippen LogP contribution in [0, 0.1) is 5.92 Å². The van der Waals surface area contributed by atoms with Crippen molar-refractivity contribution in [1.29, 1.82) is 0 Å². The molecule has 7 nitrogen and oxygen atoms in total. The van der Waals surface area contributed by atoms with Crippen molar-refractivity contribution in [2.75, 3.05) is 27.2 Å². The third-order valence-corrected chi connectivity index (χ3v) is 6.68. The van der Waals surface area contributed by atoms with Gasteiger partial charge in [-0.15, -0.1) is 0 Å². The Bertz CT molecular complexity index is 1160. The van der Waals surface area contributed by atoms with Crippen molar-refractivity contribution in [2.24, 2.45) is 5.92 Å². The molecule has 1 aromatic carbocycles. The van der Waals surface area contributed by atoms with Gasteiger partial charge in [-0.2, -0.15) is 5.10 Å². The van der Waals surface area contributed by atoms with E-state index in [-0.39, 0.29) is 17.4 Å². The van der Waals surface area contributed by atoms with Crippen LogP contribution in [0.5, 0.6) is 0 Å². The lowest BCUT2D eigenvalue weighted by Crippen LogP contribution is -2.33. The number of nitrogens with zero attached hydrogens (tertiary/aromatic N) is 3. The Morgan fingerprint density at radius 1 is 1.28 bits per heavy atom. The number of rotatable bonds is 8. The molecule has 1 aliphatic rings. The van der Waals surface area contributed by atoms with Crippen molar-refractivity contribution in [1.82, 2.24) is 25.0 Å². The highest BCUT2D eigenvalue weighted by atomic mass is 35.5. The molecule has 0 radical (unpaired) electrons. The van der Waals surface area contributed by atoms with Crippen LogP contribution in [-0.2, 0) is 17.8 Å². The summed E-state index contributed by atoms with van der Waals surface area (Å²) in [6, 6.07) is 5.56. The number of amides is 1. The fourth-order valence-corrected chi connectivity index (χ4v) is 4.85. The van der Waals surface area contributed by atoms with E-state index in [2.05, 4.69) is 20.4 Å². The molecule has 0 atom stereocenters. The largest absolute Gasteiger partial charge is 0.356 e. The minimum Gasteiger partial charge on any atom is -0.356 e. The normalized spacial score (nSPS) is 15.1. The van der Waals surface area contributed by atoms with E-state index in [4.69, 9.17) is 11.6 Å². The van der Waals surface area contributed by atoms with Crippen molar-refractivity contribution >= 4 is 39.3 Å². The van der Waals surface area contributed by atoms with Gasteiger partial charge in [0, 0.05) is 48.1 Å². The maximum atomic E-state index is 13.5. The topological polar surface area (TPSA) is 83.0 Å². The van der Waals surface area contributed by atoms with Crippen LogP contribution < -0.4 is 10.9 Å². The van der Waals surface area contributed by atoms with E-state index in [0.29, 0.717) is 41.9 Å². The SMILES string of the molecule is CN(C)CCc1[nH]nc2c1c(=O)n(CCCNC(=O)C1CCCCC1)c1ccc(Cl)cc21. The Hall–Kier alpha value is -2.38. The van der Waals surface area contributed by atoms with Gasteiger partial charge < -0.3 is 14.8 Å². The lowest BCUT2D eigenvalue weighted by Gasteiger charge is -2.20. The van der Waals surface area contributed by atoms with E-state index in [1.807, 2.05) is 26.2 Å². The summed E-state index contributed by atoms with van der Waals surface area (Å²) in [4.78, 5) is 28.0. The van der Waals surface area contributed by atoms with E-state index in [1.54, 1.807) is 10.6 Å². The Morgan fingerprint density at radius 2 is 2.06 bits per heavy atom. The van der Waals surface area contributed by atoms with Gasteiger partial charge in [0.15, 0.2) is 0 Å². The number of aromatic amines is 1. The van der Waals surface area contributed by atoms with Gasteiger partial charge in [0.25, 0.3) is 5.56 Å². The van der Waals surface area contributed by atoms with Crippen LogP contribution in [0.25, 0.3) is 21.8 Å². The van der Waals surface area contributed by atoms with Gasteiger partial charge in [0.05, 0.1) is 10.9 Å². The number of carbonyl (C=O) groups is 1. The number of hydrogen-bond donors (Lipinski definition) is 2. The summed E-state index contributed by atoms with van der Waals surface area (Å²) >= 11 is 6.28. The van der Waals surface area contributed by atoms with Crippen LogP contribution >= 0.6 is 11.6 Å². The van der Waals surface area contributed by atoms with Crippen molar-refractivity contribution in [3.05, 3.63) is 39.3 Å². The first kappa shape index (κ1) is 22.8. The van der Waals surface area contributed by atoms with E-state index >= 15 is 0 Å². The molecular formula is C24H32ClN5O2. The number of pyridine rings is 1. The zero-order valence-corrected chi connectivity index (χ0v) is 19.7. The number of hydrogen-bond acceptors (Lipinski definition) is 4. The van der Waals surface area contributed by atoms with Crippen LogP contribution in [0.4, 0.5) is 0 Å². The van der Waals surface area contributed by atoms with Crippen LogP contribution in [0.1, 0.15) is 44.2 Å². The predicted molar refractivity (Wildman–Crippen MR) is 129 cm³/mol. The Labute approximate surface area is 193 Å². The van der Waals surface area contributed by atoms with Crippen molar-refractivity contribution < 1.29 is 4.79 Å². The molecule has 1 aliphatic carbocycles. The smallest absolute Gasteiger partial charge is 0.262 e.